The van der Waals surface area contributed by atoms with E-state index in [-0.39, 0.29) is 17.0 Å². The molecule has 0 saturated carbocycles. The van der Waals surface area contributed by atoms with Crippen molar-refractivity contribution < 1.29 is 8.78 Å². The summed E-state index contributed by atoms with van der Waals surface area (Å²) < 4.78 is 28.9. The van der Waals surface area contributed by atoms with Gasteiger partial charge in [0.25, 0.3) is 11.3 Å². The average Bonchev–Trinajstić information content (AvgIpc) is 2.99. The van der Waals surface area contributed by atoms with Gasteiger partial charge in [0.05, 0.1) is 5.69 Å². The topological polar surface area (TPSA) is 78.0 Å². The minimum atomic E-state index is -1.04. The van der Waals surface area contributed by atoms with E-state index in [2.05, 4.69) is 20.3 Å². The lowest BCUT2D eigenvalue weighted by Gasteiger charge is -2.07. The molecule has 0 atom stereocenters. The molecule has 108 valence electrons. The maximum Gasteiger partial charge on any atom is 0.285 e. The zero-order chi connectivity index (χ0) is 15.3. The zero-order valence-electron chi connectivity index (χ0n) is 10.8. The number of benzene rings is 1. The third-order valence-corrected chi connectivity index (χ3v) is 3.22. The molecule has 7 nitrogen and oxygen atoms in total. The lowest BCUT2D eigenvalue weighted by molar-refractivity contribution is 0.508. The standard InChI is InChI=1S/C13H6F2N6O/c14-8-2-1-7(5-9(8)15)20-4-3-10-11(12(20)22)18-19-13-16-6-17-21(10)13/h1-6H. The Bertz CT molecular complexity index is 1090. The molecule has 0 spiro atoms. The summed E-state index contributed by atoms with van der Waals surface area (Å²) in [5, 5.41) is 11.6. The molecule has 0 radical (unpaired) electrons. The zero-order valence-corrected chi connectivity index (χ0v) is 10.8. The Morgan fingerprint density at radius 2 is 1.91 bits per heavy atom. The van der Waals surface area contributed by atoms with Crippen LogP contribution in [0.15, 0.2) is 41.6 Å². The normalized spacial score (nSPS) is 11.4. The Kier molecular flexibility index (Phi) is 2.49. The van der Waals surface area contributed by atoms with Gasteiger partial charge in [0.15, 0.2) is 17.2 Å². The van der Waals surface area contributed by atoms with Crippen molar-refractivity contribution in [1.82, 2.24) is 29.4 Å². The van der Waals surface area contributed by atoms with Gasteiger partial charge in [-0.2, -0.15) is 14.6 Å². The molecule has 3 heterocycles. The van der Waals surface area contributed by atoms with Gasteiger partial charge >= 0.3 is 0 Å². The van der Waals surface area contributed by atoms with Crippen molar-refractivity contribution in [3.63, 3.8) is 0 Å². The Balaban J connectivity index is 2.03. The van der Waals surface area contributed by atoms with Gasteiger partial charge in [-0.05, 0) is 18.2 Å². The second kappa shape index (κ2) is 4.38. The van der Waals surface area contributed by atoms with Crippen molar-refractivity contribution in [2.24, 2.45) is 0 Å². The van der Waals surface area contributed by atoms with Crippen molar-refractivity contribution >= 4 is 16.8 Å². The van der Waals surface area contributed by atoms with Crippen LogP contribution in [0.2, 0.25) is 0 Å². The molecule has 4 rings (SSSR count). The Hall–Kier alpha value is -3.23. The summed E-state index contributed by atoms with van der Waals surface area (Å²) in [6.45, 7) is 0. The van der Waals surface area contributed by atoms with Gasteiger partial charge in [-0.1, -0.05) is 0 Å². The lowest BCUT2D eigenvalue weighted by Crippen LogP contribution is -2.20. The van der Waals surface area contributed by atoms with Crippen molar-refractivity contribution in [3.05, 3.63) is 58.8 Å². The molecule has 9 heteroatoms. The molecular formula is C13H6F2N6O. The van der Waals surface area contributed by atoms with Crippen LogP contribution in [-0.2, 0) is 0 Å². The van der Waals surface area contributed by atoms with Gasteiger partial charge in [-0.15, -0.1) is 10.2 Å². The molecule has 0 bridgehead atoms. The minimum Gasteiger partial charge on any atom is -0.282 e. The van der Waals surface area contributed by atoms with Gasteiger partial charge < -0.3 is 0 Å². The maximum absolute atomic E-state index is 13.3. The fraction of sp³-hybridized carbons (Fsp3) is 0. The predicted molar refractivity (Wildman–Crippen MR) is 71.6 cm³/mol. The summed E-state index contributed by atoms with van der Waals surface area (Å²) in [6, 6.07) is 4.76. The molecule has 4 aromatic rings. The van der Waals surface area contributed by atoms with Gasteiger partial charge in [0.2, 0.25) is 0 Å². The Labute approximate surface area is 120 Å². The number of fused-ring (bicyclic) bond motifs is 3. The average molecular weight is 300 g/mol. The van der Waals surface area contributed by atoms with Crippen LogP contribution in [0.4, 0.5) is 8.78 Å². The molecule has 3 aromatic heterocycles. The van der Waals surface area contributed by atoms with Crippen LogP contribution in [0.5, 0.6) is 0 Å². The summed E-state index contributed by atoms with van der Waals surface area (Å²) in [5.41, 5.74) is 0.135. The fourth-order valence-electron chi connectivity index (χ4n) is 2.19. The van der Waals surface area contributed by atoms with Crippen LogP contribution in [0.1, 0.15) is 0 Å². The largest absolute Gasteiger partial charge is 0.285 e. The summed E-state index contributed by atoms with van der Waals surface area (Å²) in [6.07, 6.45) is 2.73. The number of halogens is 2. The van der Waals surface area contributed by atoms with Crippen LogP contribution in [-0.4, -0.2) is 29.4 Å². The number of aromatic nitrogens is 6. The highest BCUT2D eigenvalue weighted by atomic mass is 19.2. The van der Waals surface area contributed by atoms with E-state index in [1.165, 1.54) is 23.1 Å². The first-order chi connectivity index (χ1) is 10.6. The van der Waals surface area contributed by atoms with Gasteiger partial charge in [-0.3, -0.25) is 9.36 Å². The van der Waals surface area contributed by atoms with Crippen LogP contribution in [0.3, 0.4) is 0 Å². The number of nitrogens with zero attached hydrogens (tertiary/aromatic N) is 6. The summed E-state index contributed by atoms with van der Waals surface area (Å²) >= 11 is 0. The first-order valence-electron chi connectivity index (χ1n) is 6.18. The molecule has 22 heavy (non-hydrogen) atoms. The maximum atomic E-state index is 13.3. The minimum absolute atomic E-state index is 0.0465. The molecule has 0 aliphatic carbocycles. The van der Waals surface area contributed by atoms with Crippen LogP contribution < -0.4 is 5.56 Å². The summed E-state index contributed by atoms with van der Waals surface area (Å²) in [4.78, 5) is 16.4. The fourth-order valence-corrected chi connectivity index (χ4v) is 2.19. The molecule has 0 aliphatic rings. The molecule has 0 unspecified atom stereocenters. The highest BCUT2D eigenvalue weighted by molar-refractivity contribution is 5.74. The van der Waals surface area contributed by atoms with E-state index in [0.29, 0.717) is 5.52 Å². The molecular weight excluding hydrogens is 294 g/mol. The molecule has 0 N–H and O–H groups in total. The molecule has 0 aliphatic heterocycles. The Morgan fingerprint density at radius 3 is 2.73 bits per heavy atom. The number of hydrogen-bond donors (Lipinski definition) is 0. The number of hydrogen-bond acceptors (Lipinski definition) is 5. The summed E-state index contributed by atoms with van der Waals surface area (Å²) in [7, 11) is 0. The van der Waals surface area contributed by atoms with E-state index in [1.807, 2.05) is 0 Å². The lowest BCUT2D eigenvalue weighted by atomic mass is 10.3. The molecule has 0 saturated heterocycles. The van der Waals surface area contributed by atoms with Crippen LogP contribution in [0, 0.1) is 11.6 Å². The van der Waals surface area contributed by atoms with Crippen molar-refractivity contribution in [2.75, 3.05) is 0 Å². The highest BCUT2D eigenvalue weighted by Gasteiger charge is 2.12. The smallest absolute Gasteiger partial charge is 0.282 e. The van der Waals surface area contributed by atoms with Crippen LogP contribution >= 0.6 is 0 Å². The summed E-state index contributed by atoms with van der Waals surface area (Å²) in [5.74, 6) is -1.76. The molecule has 1 aromatic carbocycles. The van der Waals surface area contributed by atoms with E-state index in [1.54, 1.807) is 6.07 Å². The Morgan fingerprint density at radius 1 is 1.05 bits per heavy atom. The second-order valence-electron chi connectivity index (χ2n) is 4.49. The van der Waals surface area contributed by atoms with Crippen LogP contribution in [0.25, 0.3) is 22.5 Å². The van der Waals surface area contributed by atoms with E-state index in [9.17, 15) is 13.6 Å². The first kappa shape index (κ1) is 12.5. The third kappa shape index (κ3) is 1.68. The molecule has 0 fully saturated rings. The van der Waals surface area contributed by atoms with Crippen molar-refractivity contribution in [1.29, 1.82) is 0 Å². The van der Waals surface area contributed by atoms with Gasteiger partial charge in [0, 0.05) is 12.3 Å². The quantitative estimate of drug-likeness (QED) is 0.526. The predicted octanol–water partition coefficient (Wildman–Crippen LogP) is 1.10. The highest BCUT2D eigenvalue weighted by Crippen LogP contribution is 2.13. The number of pyridine rings is 1. The van der Waals surface area contributed by atoms with Crippen molar-refractivity contribution in [3.8, 4) is 5.69 Å². The van der Waals surface area contributed by atoms with E-state index in [0.717, 1.165) is 16.7 Å². The SMILES string of the molecule is O=c1c2nnc3ncnn3c2ccn1-c1ccc(F)c(F)c1. The van der Waals surface area contributed by atoms with Gasteiger partial charge in [0.1, 0.15) is 11.8 Å². The third-order valence-electron chi connectivity index (χ3n) is 3.22. The monoisotopic (exact) mass is 300 g/mol. The van der Waals surface area contributed by atoms with E-state index >= 15 is 0 Å². The van der Waals surface area contributed by atoms with E-state index < -0.39 is 17.2 Å². The number of rotatable bonds is 1. The van der Waals surface area contributed by atoms with Gasteiger partial charge in [-0.25, -0.2) is 8.78 Å². The molecule has 0 amide bonds. The second-order valence-corrected chi connectivity index (χ2v) is 4.49. The first-order valence-corrected chi connectivity index (χ1v) is 6.18. The van der Waals surface area contributed by atoms with E-state index in [4.69, 9.17) is 0 Å². The van der Waals surface area contributed by atoms with Crippen molar-refractivity contribution in [2.45, 2.75) is 0 Å².